The molecule has 0 amide bonds. The van der Waals surface area contributed by atoms with Crippen molar-refractivity contribution in [3.8, 4) is 0 Å². The van der Waals surface area contributed by atoms with E-state index in [0.29, 0.717) is 28.9 Å². The lowest BCUT2D eigenvalue weighted by molar-refractivity contribution is -0.953. The molecular weight excluding hydrogens is 310 g/mol. The molecule has 1 spiro atoms. The Labute approximate surface area is 152 Å². The third-order valence-corrected chi connectivity index (χ3v) is 10.6. The highest BCUT2D eigenvalue weighted by Crippen LogP contribution is 2.73. The lowest BCUT2D eigenvalue weighted by Gasteiger charge is -2.69. The predicted molar refractivity (Wildman–Crippen MR) is 96.0 cm³/mol. The van der Waals surface area contributed by atoms with Crippen LogP contribution in [0.4, 0.5) is 0 Å². The average molecular weight is 347 g/mol. The second-order valence-corrected chi connectivity index (χ2v) is 11.2. The van der Waals surface area contributed by atoms with Gasteiger partial charge in [0, 0.05) is 10.8 Å². The molecule has 2 saturated heterocycles. The molecule has 2 heterocycles. The van der Waals surface area contributed by atoms with Crippen LogP contribution in [-0.2, 0) is 4.74 Å². The normalized spacial score (nSPS) is 65.2. The molecule has 25 heavy (non-hydrogen) atoms. The van der Waals surface area contributed by atoms with Gasteiger partial charge in [-0.2, -0.15) is 0 Å². The molecule has 0 radical (unpaired) electrons. The van der Waals surface area contributed by atoms with Gasteiger partial charge in [0.15, 0.2) is 6.23 Å². The number of aliphatic hydroxyl groups excluding tert-OH is 1. The van der Waals surface area contributed by atoms with Crippen molar-refractivity contribution < 1.29 is 14.7 Å². The molecule has 0 aromatic rings. The van der Waals surface area contributed by atoms with E-state index in [1.54, 1.807) is 4.90 Å². The van der Waals surface area contributed by atoms with E-state index in [9.17, 15) is 5.11 Å². The van der Waals surface area contributed by atoms with Crippen LogP contribution in [0.1, 0.15) is 65.2 Å². The minimum atomic E-state index is -0.0553. The molecule has 0 aromatic heterocycles. The van der Waals surface area contributed by atoms with Crippen molar-refractivity contribution in [2.45, 2.75) is 77.5 Å². The Morgan fingerprint density at radius 2 is 1.96 bits per heavy atom. The molecule has 0 aromatic carbocycles. The van der Waals surface area contributed by atoms with Gasteiger partial charge in [-0.3, -0.25) is 0 Å². The van der Waals surface area contributed by atoms with Crippen LogP contribution in [0.2, 0.25) is 0 Å². The molecular formula is C22H36NO2+. The first-order valence-electron chi connectivity index (χ1n) is 11.2. The van der Waals surface area contributed by atoms with E-state index in [0.717, 1.165) is 18.4 Å². The summed E-state index contributed by atoms with van der Waals surface area (Å²) < 4.78 is 6.54. The highest BCUT2D eigenvalue weighted by Gasteiger charge is 2.75. The van der Waals surface area contributed by atoms with Crippen molar-refractivity contribution in [3.05, 3.63) is 0 Å². The Morgan fingerprint density at radius 1 is 1.08 bits per heavy atom. The van der Waals surface area contributed by atoms with Crippen molar-refractivity contribution in [1.82, 2.24) is 0 Å². The van der Waals surface area contributed by atoms with Crippen LogP contribution in [0, 0.1) is 39.9 Å². The van der Waals surface area contributed by atoms with Gasteiger partial charge in [-0.1, -0.05) is 20.3 Å². The Hall–Kier alpha value is -0.120. The van der Waals surface area contributed by atoms with E-state index in [2.05, 4.69) is 13.8 Å². The molecule has 2 aliphatic heterocycles. The van der Waals surface area contributed by atoms with E-state index in [-0.39, 0.29) is 11.5 Å². The third-order valence-electron chi connectivity index (χ3n) is 10.6. The summed E-state index contributed by atoms with van der Waals surface area (Å²) in [4.78, 5) is 1.76. The Kier molecular flexibility index (Phi) is 3.07. The second kappa shape index (κ2) is 4.83. The van der Waals surface area contributed by atoms with Gasteiger partial charge in [0.05, 0.1) is 18.1 Å². The molecule has 140 valence electrons. The van der Waals surface area contributed by atoms with Crippen LogP contribution in [-0.4, -0.2) is 37.1 Å². The van der Waals surface area contributed by atoms with Crippen LogP contribution in [0.3, 0.4) is 0 Å². The third kappa shape index (κ3) is 1.66. The number of ether oxygens (including phenoxy) is 1. The number of nitrogens with one attached hydrogen (secondary N) is 1. The minimum absolute atomic E-state index is 0.0553. The highest BCUT2D eigenvalue weighted by atomic mass is 16.5. The van der Waals surface area contributed by atoms with Gasteiger partial charge in [-0.25, -0.2) is 0 Å². The van der Waals surface area contributed by atoms with Crippen molar-refractivity contribution >= 4 is 0 Å². The maximum absolute atomic E-state index is 11.4. The first-order chi connectivity index (χ1) is 12.0. The second-order valence-electron chi connectivity index (χ2n) is 11.2. The Balaban J connectivity index is 1.52. The number of hydrogen-bond donors (Lipinski definition) is 2. The van der Waals surface area contributed by atoms with Gasteiger partial charge in [-0.15, -0.1) is 0 Å². The summed E-state index contributed by atoms with van der Waals surface area (Å²) in [6, 6.07) is 0. The van der Waals surface area contributed by atoms with E-state index in [1.807, 2.05) is 0 Å². The summed E-state index contributed by atoms with van der Waals surface area (Å²) >= 11 is 0. The first kappa shape index (κ1) is 15.9. The van der Waals surface area contributed by atoms with Crippen LogP contribution in [0.25, 0.3) is 0 Å². The fourth-order valence-corrected chi connectivity index (χ4v) is 9.93. The Bertz CT molecular complexity index is 595. The van der Waals surface area contributed by atoms with Gasteiger partial charge in [0.2, 0.25) is 0 Å². The van der Waals surface area contributed by atoms with Crippen molar-refractivity contribution in [2.24, 2.45) is 39.9 Å². The van der Waals surface area contributed by atoms with Crippen LogP contribution in [0.5, 0.6) is 0 Å². The van der Waals surface area contributed by atoms with Gasteiger partial charge in [0.1, 0.15) is 13.2 Å². The van der Waals surface area contributed by atoms with E-state index >= 15 is 0 Å². The largest absolute Gasteiger partial charge is 0.392 e. The summed E-state index contributed by atoms with van der Waals surface area (Å²) in [6.45, 7) is 8.48. The van der Waals surface area contributed by atoms with Crippen molar-refractivity contribution in [2.75, 3.05) is 19.7 Å². The molecule has 4 saturated carbocycles. The maximum Gasteiger partial charge on any atom is 0.198 e. The zero-order valence-corrected chi connectivity index (χ0v) is 16.1. The number of hydrogen-bond acceptors (Lipinski definition) is 2. The lowest BCUT2D eigenvalue weighted by atomic mass is 9.38. The summed E-state index contributed by atoms with van der Waals surface area (Å²) in [5, 5.41) is 11.4. The molecule has 3 nitrogen and oxygen atoms in total. The molecule has 6 fully saturated rings. The molecule has 4 aliphatic carbocycles. The van der Waals surface area contributed by atoms with Crippen LogP contribution in [0.15, 0.2) is 0 Å². The molecule has 3 heteroatoms. The van der Waals surface area contributed by atoms with E-state index in [4.69, 9.17) is 4.74 Å². The van der Waals surface area contributed by atoms with Gasteiger partial charge < -0.3 is 14.7 Å². The number of quaternary nitrogens is 1. The fraction of sp³-hybridized carbons (Fsp3) is 1.00. The molecule has 10 atom stereocenters. The van der Waals surface area contributed by atoms with Gasteiger partial charge in [-0.05, 0) is 68.6 Å². The molecule has 4 bridgehead atoms. The van der Waals surface area contributed by atoms with Crippen LogP contribution < -0.4 is 4.90 Å². The van der Waals surface area contributed by atoms with Gasteiger partial charge in [0.25, 0.3) is 0 Å². The Morgan fingerprint density at radius 3 is 2.84 bits per heavy atom. The van der Waals surface area contributed by atoms with E-state index < -0.39 is 0 Å². The smallest absolute Gasteiger partial charge is 0.198 e. The summed E-state index contributed by atoms with van der Waals surface area (Å²) in [7, 11) is 0. The predicted octanol–water partition coefficient (Wildman–Crippen LogP) is 2.24. The number of fused-ring (bicyclic) bond motifs is 2. The van der Waals surface area contributed by atoms with Crippen molar-refractivity contribution in [3.63, 3.8) is 0 Å². The zero-order chi connectivity index (χ0) is 17.0. The SMILES string of the molecule is C[C@@H]1[C@@H]2CC[C@@H]3[C@@](CC[C@@H]4[C@@]5(C)CCC[C@]43C3OCC[NH+]3C5)(C2)[C@H]1O. The first-order valence-corrected chi connectivity index (χ1v) is 11.2. The topological polar surface area (TPSA) is 33.9 Å². The summed E-state index contributed by atoms with van der Waals surface area (Å²) in [5.74, 6) is 2.86. The quantitative estimate of drug-likeness (QED) is 0.705. The zero-order valence-electron chi connectivity index (χ0n) is 16.1. The van der Waals surface area contributed by atoms with E-state index in [1.165, 1.54) is 64.5 Å². The monoisotopic (exact) mass is 346 g/mol. The molecule has 2 N–H and O–H groups in total. The average Bonchev–Trinajstić information content (AvgIpc) is 3.12. The lowest BCUT2D eigenvalue weighted by Crippen LogP contribution is -3.19. The standard InChI is InChI=1S/C22H35NO2/c1-14-15-4-5-17-21(12-15,18(14)24)9-6-16-20(2)7-3-8-22(16,17)19-23(13-20)10-11-25-19/h14-19,24H,3-13H2,1-2H3/p+1/t14-,15-,16-,17-,18+,19?,20+,21-,22+/m1/s1. The highest BCUT2D eigenvalue weighted by molar-refractivity contribution is 5.19. The molecule has 2 unspecified atom stereocenters. The van der Waals surface area contributed by atoms with Gasteiger partial charge >= 0.3 is 0 Å². The van der Waals surface area contributed by atoms with Crippen LogP contribution >= 0.6 is 0 Å². The minimum Gasteiger partial charge on any atom is -0.392 e. The molecule has 6 aliphatic rings. The summed E-state index contributed by atoms with van der Waals surface area (Å²) in [5.41, 5.74) is 1.11. The number of rotatable bonds is 0. The molecule has 6 rings (SSSR count). The maximum atomic E-state index is 11.4. The number of aliphatic hydroxyl groups is 1. The number of piperidine rings is 1. The summed E-state index contributed by atoms with van der Waals surface area (Å²) in [6.07, 6.45) is 11.3. The van der Waals surface area contributed by atoms with Crippen molar-refractivity contribution in [1.29, 1.82) is 0 Å². The fourth-order valence-electron chi connectivity index (χ4n) is 9.93.